The predicted octanol–water partition coefficient (Wildman–Crippen LogP) is 6.05. The van der Waals surface area contributed by atoms with E-state index >= 15 is 0 Å². The van der Waals surface area contributed by atoms with E-state index in [1.165, 1.54) is 17.7 Å². The number of phenols is 1. The number of nitrogens with one attached hydrogen (secondary N) is 1. The van der Waals surface area contributed by atoms with Crippen molar-refractivity contribution in [1.82, 2.24) is 5.32 Å². The molecule has 3 unspecified atom stereocenters. The molecule has 2 N–H and O–H groups in total. The number of phenolic OH excluding ortho intramolecular Hbond substituents is 1. The van der Waals surface area contributed by atoms with Crippen molar-refractivity contribution in [3.63, 3.8) is 0 Å². The topological polar surface area (TPSA) is 74.0 Å². The minimum atomic E-state index is 0.0794. The summed E-state index contributed by atoms with van der Waals surface area (Å²) < 4.78 is 0.885. The van der Waals surface area contributed by atoms with E-state index in [1.807, 2.05) is 35.9 Å². The number of hydrogen-bond donors (Lipinski definition) is 2. The van der Waals surface area contributed by atoms with Gasteiger partial charge in [0.25, 0.3) is 0 Å². The number of carbonyl (C=O) groups excluding carboxylic acids is 1. The van der Waals surface area contributed by atoms with E-state index in [4.69, 9.17) is 4.99 Å². The lowest BCUT2D eigenvalue weighted by atomic mass is 9.78. The number of fused-ring (bicyclic) bond motifs is 1. The van der Waals surface area contributed by atoms with E-state index in [9.17, 15) is 9.90 Å². The third-order valence-corrected chi connectivity index (χ3v) is 8.60. The van der Waals surface area contributed by atoms with Gasteiger partial charge in [-0.3, -0.25) is 14.8 Å². The van der Waals surface area contributed by atoms with Crippen LogP contribution in [0.3, 0.4) is 0 Å². The lowest BCUT2D eigenvalue weighted by Gasteiger charge is -2.32. The Morgan fingerprint density at radius 2 is 2.03 bits per heavy atom. The summed E-state index contributed by atoms with van der Waals surface area (Å²) in [5, 5.41) is 16.2. The van der Waals surface area contributed by atoms with Gasteiger partial charge in [-0.05, 0) is 70.3 Å². The molecule has 1 aliphatic carbocycles. The minimum Gasteiger partial charge on any atom is -0.507 e. The lowest BCUT2D eigenvalue weighted by Crippen LogP contribution is -2.34. The summed E-state index contributed by atoms with van der Waals surface area (Å²) in [7, 11) is 0. The van der Waals surface area contributed by atoms with Gasteiger partial charge in [0.2, 0.25) is 0 Å². The average molecular weight is 553 g/mol. The van der Waals surface area contributed by atoms with Crippen LogP contribution < -0.4 is 5.32 Å². The van der Waals surface area contributed by atoms with Crippen LogP contribution in [0.15, 0.2) is 73.7 Å². The van der Waals surface area contributed by atoms with E-state index in [2.05, 4.69) is 38.4 Å². The highest BCUT2D eigenvalue weighted by Crippen LogP contribution is 2.36. The van der Waals surface area contributed by atoms with Gasteiger partial charge in [-0.1, -0.05) is 31.0 Å². The van der Waals surface area contributed by atoms with Gasteiger partial charge < -0.3 is 10.4 Å². The van der Waals surface area contributed by atoms with Crippen LogP contribution in [-0.2, 0) is 11.2 Å². The molecule has 1 aromatic heterocycles. The summed E-state index contributed by atoms with van der Waals surface area (Å²) in [6.45, 7) is 1.53. The average Bonchev–Trinajstić information content (AvgIpc) is 3.36. The summed E-state index contributed by atoms with van der Waals surface area (Å²) in [6, 6.07) is 11.4. The van der Waals surface area contributed by atoms with Crippen LogP contribution in [0.2, 0.25) is 0 Å². The zero-order chi connectivity index (χ0) is 24.2. The van der Waals surface area contributed by atoms with Crippen LogP contribution in [0.25, 0.3) is 0 Å². The molecule has 0 spiro atoms. The molecular formula is C28H30BrN3O2S. The van der Waals surface area contributed by atoms with Crippen LogP contribution in [0.4, 0.5) is 0 Å². The number of dihydropyridines is 2. The zero-order valence-corrected chi connectivity index (χ0v) is 22.0. The van der Waals surface area contributed by atoms with Crippen molar-refractivity contribution in [2.75, 3.05) is 13.1 Å². The van der Waals surface area contributed by atoms with Crippen molar-refractivity contribution in [2.24, 2.45) is 27.7 Å². The molecule has 0 radical (unpaired) electrons. The molecule has 7 heteroatoms. The maximum absolute atomic E-state index is 12.6. The van der Waals surface area contributed by atoms with Gasteiger partial charge in [0.15, 0.2) is 0 Å². The van der Waals surface area contributed by atoms with Gasteiger partial charge in [-0.25, -0.2) is 0 Å². The molecule has 0 bridgehead atoms. The van der Waals surface area contributed by atoms with Crippen LogP contribution in [0, 0.1) is 17.8 Å². The summed E-state index contributed by atoms with van der Waals surface area (Å²) in [4.78, 5) is 23.2. The molecule has 2 aliphatic heterocycles. The fourth-order valence-electron chi connectivity index (χ4n) is 5.38. The third-order valence-electron chi connectivity index (χ3n) is 7.11. The smallest absolute Gasteiger partial charge is 0.138 e. The minimum absolute atomic E-state index is 0.0794. The number of hydrogen-bond acceptors (Lipinski definition) is 6. The highest BCUT2D eigenvalue weighted by Gasteiger charge is 2.30. The maximum atomic E-state index is 12.6. The SMILES string of the molecule is O=C(Cc1cccs1)CC1CCCC(CNC2=CC(c3ccccc3O)=NC3=C(Br)C=NCC23)C1. The Labute approximate surface area is 218 Å². The molecule has 35 heavy (non-hydrogen) atoms. The molecule has 0 saturated heterocycles. The van der Waals surface area contributed by atoms with Crippen molar-refractivity contribution in [2.45, 2.75) is 38.5 Å². The number of benzene rings is 1. The number of Topliss-reactive ketones (excluding diaryl/α,β-unsaturated/α-hetero) is 1. The molecule has 0 amide bonds. The Morgan fingerprint density at radius 1 is 1.17 bits per heavy atom. The molecular weight excluding hydrogens is 522 g/mol. The van der Waals surface area contributed by atoms with Crippen molar-refractivity contribution in [3.8, 4) is 5.75 Å². The van der Waals surface area contributed by atoms with E-state index in [1.54, 1.807) is 17.4 Å². The number of halogens is 1. The predicted molar refractivity (Wildman–Crippen MR) is 147 cm³/mol. The first-order chi connectivity index (χ1) is 17.1. The quantitative estimate of drug-likeness (QED) is 0.419. The molecule has 1 fully saturated rings. The van der Waals surface area contributed by atoms with Crippen LogP contribution in [0.1, 0.15) is 42.5 Å². The van der Waals surface area contributed by atoms with Crippen LogP contribution >= 0.6 is 27.3 Å². The Morgan fingerprint density at radius 3 is 2.86 bits per heavy atom. The Hall–Kier alpha value is -2.51. The highest BCUT2D eigenvalue weighted by atomic mass is 79.9. The molecule has 182 valence electrons. The van der Waals surface area contributed by atoms with Gasteiger partial charge in [-0.2, -0.15) is 0 Å². The second-order valence-corrected chi connectivity index (χ2v) is 11.6. The molecule has 1 saturated carbocycles. The second-order valence-electron chi connectivity index (χ2n) is 9.67. The summed E-state index contributed by atoms with van der Waals surface area (Å²) in [5.41, 5.74) is 3.52. The Balaban J connectivity index is 1.25. The van der Waals surface area contributed by atoms with Crippen LogP contribution in [0.5, 0.6) is 5.75 Å². The van der Waals surface area contributed by atoms with E-state index < -0.39 is 0 Å². The standard InChI is InChI=1S/C28H30BrN3O2S/c29-24-17-30-16-23-25(14-26(32-28(23)24)22-8-1-2-9-27(22)34)31-15-19-6-3-5-18(11-19)12-20(33)13-21-7-4-10-35-21/h1-2,4,7-10,14,17-19,23,31,34H,3,5-6,11-13,15-16H2. The number of allylic oxidation sites excluding steroid dienone is 2. The third kappa shape index (κ3) is 5.84. The monoisotopic (exact) mass is 551 g/mol. The normalized spacial score (nSPS) is 24.0. The summed E-state index contributed by atoms with van der Waals surface area (Å²) in [6.07, 6.45) is 9.75. The van der Waals surface area contributed by atoms with Gasteiger partial charge in [-0.15, -0.1) is 11.3 Å². The highest BCUT2D eigenvalue weighted by molar-refractivity contribution is 9.12. The van der Waals surface area contributed by atoms with Gasteiger partial charge >= 0.3 is 0 Å². The zero-order valence-electron chi connectivity index (χ0n) is 19.6. The largest absolute Gasteiger partial charge is 0.507 e. The molecule has 5 rings (SSSR count). The van der Waals surface area contributed by atoms with Crippen molar-refractivity contribution >= 4 is 45.0 Å². The van der Waals surface area contributed by atoms with E-state index in [-0.39, 0.29) is 11.7 Å². The van der Waals surface area contributed by atoms with E-state index in [0.717, 1.165) is 46.5 Å². The number of ketones is 1. The number of rotatable bonds is 8. The Bertz CT molecular complexity index is 1200. The molecule has 5 nitrogen and oxygen atoms in total. The van der Waals surface area contributed by atoms with Gasteiger partial charge in [0.1, 0.15) is 11.5 Å². The first-order valence-electron chi connectivity index (χ1n) is 12.3. The number of carbonyl (C=O) groups is 1. The van der Waals surface area contributed by atoms with Gasteiger partial charge in [0, 0.05) is 41.7 Å². The van der Waals surface area contributed by atoms with E-state index in [0.29, 0.717) is 37.0 Å². The van der Waals surface area contributed by atoms with Crippen LogP contribution in [-0.4, -0.2) is 35.9 Å². The first-order valence-corrected chi connectivity index (χ1v) is 14.0. The molecule has 3 heterocycles. The Kier molecular flexibility index (Phi) is 7.63. The van der Waals surface area contributed by atoms with Crippen molar-refractivity contribution < 1.29 is 9.90 Å². The number of aliphatic imine (C=N–C) groups is 2. The van der Waals surface area contributed by atoms with Gasteiger partial charge in [0.05, 0.1) is 28.4 Å². The maximum Gasteiger partial charge on any atom is 0.138 e. The number of nitrogens with zero attached hydrogens (tertiary/aromatic N) is 2. The fraction of sp³-hybridized carbons (Fsp3) is 0.393. The molecule has 3 atom stereocenters. The fourth-order valence-corrected chi connectivity index (χ4v) is 6.63. The van der Waals surface area contributed by atoms with Crippen molar-refractivity contribution in [1.29, 1.82) is 0 Å². The summed E-state index contributed by atoms with van der Waals surface area (Å²) in [5.74, 6) is 1.69. The summed E-state index contributed by atoms with van der Waals surface area (Å²) >= 11 is 5.30. The molecule has 2 aromatic rings. The second kappa shape index (κ2) is 11.0. The number of aromatic hydroxyl groups is 1. The molecule has 3 aliphatic rings. The molecule has 1 aromatic carbocycles. The van der Waals surface area contributed by atoms with Crippen molar-refractivity contribution in [3.05, 3.63) is 74.2 Å². The first kappa shape index (κ1) is 24.2. The lowest BCUT2D eigenvalue weighted by molar-refractivity contribution is -0.119. The number of thiophene rings is 1. The number of para-hydroxylation sites is 1.